The van der Waals surface area contributed by atoms with Gasteiger partial charge in [0.25, 0.3) is 0 Å². The summed E-state index contributed by atoms with van der Waals surface area (Å²) in [5.74, 6) is -1.98. The van der Waals surface area contributed by atoms with Crippen molar-refractivity contribution < 1.29 is 23.8 Å². The minimum Gasteiger partial charge on any atom is -0.463 e. The number of aliphatic hydroxyl groups excluding tert-OH is 1. The van der Waals surface area contributed by atoms with Gasteiger partial charge in [-0.25, -0.2) is 4.39 Å². The van der Waals surface area contributed by atoms with Crippen LogP contribution in [0.15, 0.2) is 0 Å². The van der Waals surface area contributed by atoms with E-state index in [0.29, 0.717) is 0 Å². The van der Waals surface area contributed by atoms with Crippen molar-refractivity contribution in [3.05, 3.63) is 0 Å². The number of Topliss-reactive ketones (excluding diaryl/α,β-unsaturated/α-hetero) is 1. The molecular formula is C9H11FO4. The highest BCUT2D eigenvalue weighted by Gasteiger charge is 2.66. The summed E-state index contributed by atoms with van der Waals surface area (Å²) in [7, 11) is 0. The quantitative estimate of drug-likeness (QED) is 0.638. The summed E-state index contributed by atoms with van der Waals surface area (Å²) in [5, 5.41) is 8.41. The molecule has 4 atom stereocenters. The first-order valence-corrected chi connectivity index (χ1v) is 4.62. The number of rotatable bonds is 3. The molecule has 4 nitrogen and oxygen atoms in total. The van der Waals surface area contributed by atoms with Gasteiger partial charge in [-0.15, -0.1) is 0 Å². The number of hydrogen-bond donors (Lipinski definition) is 1. The molecule has 0 heterocycles. The van der Waals surface area contributed by atoms with Crippen LogP contribution >= 0.6 is 0 Å². The molecule has 2 aliphatic carbocycles. The maximum absolute atomic E-state index is 12.7. The largest absolute Gasteiger partial charge is 0.463 e. The van der Waals surface area contributed by atoms with Crippen LogP contribution < -0.4 is 0 Å². The molecule has 0 amide bonds. The van der Waals surface area contributed by atoms with Crippen molar-refractivity contribution in [3.8, 4) is 0 Å². The number of halogens is 1. The van der Waals surface area contributed by atoms with E-state index in [9.17, 15) is 14.0 Å². The monoisotopic (exact) mass is 202 g/mol. The first-order valence-electron chi connectivity index (χ1n) is 4.62. The molecule has 0 bridgehead atoms. The number of esters is 1. The smallest absolute Gasteiger partial charge is 0.310 e. The van der Waals surface area contributed by atoms with Crippen molar-refractivity contribution in [2.45, 2.75) is 12.6 Å². The van der Waals surface area contributed by atoms with Gasteiger partial charge in [0.1, 0.15) is 6.61 Å². The molecule has 1 N–H and O–H groups in total. The van der Waals surface area contributed by atoms with E-state index < -0.39 is 29.8 Å². The number of carbonyl (C=O) groups excluding carboxylic acids is 2. The molecule has 0 saturated heterocycles. The van der Waals surface area contributed by atoms with Gasteiger partial charge in [0, 0.05) is 5.92 Å². The molecule has 0 aliphatic heterocycles. The van der Waals surface area contributed by atoms with E-state index in [1.165, 1.54) is 0 Å². The summed E-state index contributed by atoms with van der Waals surface area (Å²) >= 11 is 0. The Morgan fingerprint density at radius 3 is 2.86 bits per heavy atom. The topological polar surface area (TPSA) is 63.6 Å². The van der Waals surface area contributed by atoms with E-state index in [4.69, 9.17) is 5.11 Å². The van der Waals surface area contributed by atoms with E-state index in [0.717, 1.165) is 0 Å². The summed E-state index contributed by atoms with van der Waals surface area (Å²) < 4.78 is 17.4. The maximum Gasteiger partial charge on any atom is 0.310 e. The van der Waals surface area contributed by atoms with E-state index in [2.05, 4.69) is 4.74 Å². The van der Waals surface area contributed by atoms with Gasteiger partial charge in [-0.05, 0) is 12.3 Å². The Balaban J connectivity index is 1.87. The lowest BCUT2D eigenvalue weighted by Gasteiger charge is -2.05. The van der Waals surface area contributed by atoms with Crippen LogP contribution in [0, 0.1) is 17.8 Å². The van der Waals surface area contributed by atoms with Crippen LogP contribution in [0.5, 0.6) is 0 Å². The van der Waals surface area contributed by atoms with Crippen molar-refractivity contribution in [3.63, 3.8) is 0 Å². The molecule has 0 aromatic rings. The Morgan fingerprint density at radius 2 is 2.36 bits per heavy atom. The number of hydrogen-bond acceptors (Lipinski definition) is 4. The molecule has 2 fully saturated rings. The molecule has 2 rings (SSSR count). The third-order valence-corrected chi connectivity index (χ3v) is 2.89. The molecule has 0 spiro atoms. The van der Waals surface area contributed by atoms with Crippen molar-refractivity contribution in [2.24, 2.45) is 17.8 Å². The van der Waals surface area contributed by atoms with E-state index >= 15 is 0 Å². The van der Waals surface area contributed by atoms with Crippen LogP contribution in [0.25, 0.3) is 0 Å². The third kappa shape index (κ3) is 1.32. The van der Waals surface area contributed by atoms with Gasteiger partial charge in [0.05, 0.1) is 12.5 Å². The average molecular weight is 202 g/mol. The lowest BCUT2D eigenvalue weighted by Crippen LogP contribution is -2.20. The second-order valence-corrected chi connectivity index (χ2v) is 3.71. The SMILES string of the molecule is O=C(OCCO)C1C2CC(F)C(=O)C21. The molecule has 78 valence electrons. The fourth-order valence-electron chi connectivity index (χ4n) is 2.18. The summed E-state index contributed by atoms with van der Waals surface area (Å²) in [6.45, 7) is -0.282. The fourth-order valence-corrected chi connectivity index (χ4v) is 2.18. The standard InChI is InChI=1S/C9H11FO4/c10-5-3-4-6(8(5)12)7(4)9(13)14-2-1-11/h4-7,11H,1-3H2. The van der Waals surface area contributed by atoms with Crippen molar-refractivity contribution in [1.82, 2.24) is 0 Å². The highest BCUT2D eigenvalue weighted by Crippen LogP contribution is 2.56. The molecule has 5 heteroatoms. The second-order valence-electron chi connectivity index (χ2n) is 3.71. The molecule has 0 aromatic carbocycles. The van der Waals surface area contributed by atoms with Gasteiger partial charge in [0.15, 0.2) is 12.0 Å². The number of ether oxygens (including phenoxy) is 1. The number of fused-ring (bicyclic) bond motifs is 1. The maximum atomic E-state index is 12.7. The Hall–Kier alpha value is -0.970. The lowest BCUT2D eigenvalue weighted by atomic mass is 10.1. The van der Waals surface area contributed by atoms with Crippen LogP contribution in [0.2, 0.25) is 0 Å². The first kappa shape index (κ1) is 9.58. The Kier molecular flexibility index (Phi) is 2.26. The van der Waals surface area contributed by atoms with Crippen LogP contribution in [0.3, 0.4) is 0 Å². The number of ketones is 1. The van der Waals surface area contributed by atoms with E-state index in [1.54, 1.807) is 0 Å². The van der Waals surface area contributed by atoms with Gasteiger partial charge in [-0.2, -0.15) is 0 Å². The van der Waals surface area contributed by atoms with E-state index in [-0.39, 0.29) is 25.6 Å². The normalized spacial score (nSPS) is 39.4. The van der Waals surface area contributed by atoms with Gasteiger partial charge < -0.3 is 9.84 Å². The zero-order valence-electron chi connectivity index (χ0n) is 7.48. The summed E-state index contributed by atoms with van der Waals surface area (Å²) in [6.07, 6.45) is -1.23. The molecule has 0 radical (unpaired) electrons. The molecule has 4 unspecified atom stereocenters. The molecular weight excluding hydrogens is 191 g/mol. The summed E-state index contributed by atoms with van der Waals surface area (Å²) in [5.41, 5.74) is 0. The highest BCUT2D eigenvalue weighted by molar-refractivity contribution is 5.97. The molecule has 0 aromatic heterocycles. The van der Waals surface area contributed by atoms with Crippen molar-refractivity contribution in [1.29, 1.82) is 0 Å². The number of alkyl halides is 1. The number of carbonyl (C=O) groups is 2. The summed E-state index contributed by atoms with van der Waals surface area (Å²) in [4.78, 5) is 22.3. The molecule has 2 saturated carbocycles. The molecule has 14 heavy (non-hydrogen) atoms. The predicted molar refractivity (Wildman–Crippen MR) is 43.0 cm³/mol. The van der Waals surface area contributed by atoms with Gasteiger partial charge in [0.2, 0.25) is 0 Å². The Bertz CT molecular complexity index is 278. The predicted octanol–water partition coefficient (Wildman–Crippen LogP) is -0.305. The second kappa shape index (κ2) is 3.31. The minimum atomic E-state index is -1.38. The van der Waals surface area contributed by atoms with Crippen LogP contribution in [0.1, 0.15) is 6.42 Å². The minimum absolute atomic E-state index is 0.0536. The van der Waals surface area contributed by atoms with E-state index in [1.807, 2.05) is 0 Å². The Labute approximate surface area is 80.0 Å². The highest BCUT2D eigenvalue weighted by atomic mass is 19.1. The van der Waals surface area contributed by atoms with Gasteiger partial charge in [-0.3, -0.25) is 9.59 Å². The number of aliphatic hydroxyl groups is 1. The van der Waals surface area contributed by atoms with Crippen LogP contribution in [-0.2, 0) is 14.3 Å². The lowest BCUT2D eigenvalue weighted by molar-refractivity contribution is -0.148. The zero-order valence-corrected chi connectivity index (χ0v) is 7.48. The van der Waals surface area contributed by atoms with Gasteiger partial charge in [-0.1, -0.05) is 0 Å². The van der Waals surface area contributed by atoms with Crippen molar-refractivity contribution in [2.75, 3.05) is 13.2 Å². The van der Waals surface area contributed by atoms with Crippen molar-refractivity contribution >= 4 is 11.8 Å². The summed E-state index contributed by atoms with van der Waals surface area (Å²) in [6, 6.07) is 0. The average Bonchev–Trinajstić information content (AvgIpc) is 2.79. The Morgan fingerprint density at radius 1 is 1.64 bits per heavy atom. The van der Waals surface area contributed by atoms with Gasteiger partial charge >= 0.3 is 5.97 Å². The fraction of sp³-hybridized carbons (Fsp3) is 0.778. The van der Waals surface area contributed by atoms with Crippen LogP contribution in [-0.4, -0.2) is 36.2 Å². The first-order chi connectivity index (χ1) is 6.66. The molecule has 2 aliphatic rings. The zero-order chi connectivity index (χ0) is 10.3. The third-order valence-electron chi connectivity index (χ3n) is 2.89. The van der Waals surface area contributed by atoms with Crippen LogP contribution in [0.4, 0.5) is 4.39 Å².